The van der Waals surface area contributed by atoms with Crippen LogP contribution in [0.3, 0.4) is 0 Å². The molecule has 0 saturated heterocycles. The summed E-state index contributed by atoms with van der Waals surface area (Å²) in [5.41, 5.74) is 7.64. The molecule has 1 heterocycles. The second kappa shape index (κ2) is 4.63. The number of hydrogen-bond donors (Lipinski definition) is 1. The van der Waals surface area contributed by atoms with Crippen LogP contribution >= 0.6 is 0 Å². The largest absolute Gasteiger partial charge is 0.485 e. The number of ether oxygens (including phenoxy) is 1. The standard InChI is InChI=1S/C15H13F2NO/c16-11-6-5-9(7-12(11)17)15-8-13(18)10-3-1-2-4-14(10)19-15/h1-7,13,15H,8,18H2/t13-,15?/m0/s1. The van der Waals surface area contributed by atoms with Gasteiger partial charge in [-0.15, -0.1) is 0 Å². The molecule has 4 heteroatoms. The molecule has 0 aromatic heterocycles. The molecule has 0 radical (unpaired) electrons. The summed E-state index contributed by atoms with van der Waals surface area (Å²) in [6, 6.07) is 11.2. The highest BCUT2D eigenvalue weighted by Crippen LogP contribution is 2.39. The van der Waals surface area contributed by atoms with Gasteiger partial charge < -0.3 is 10.5 Å². The van der Waals surface area contributed by atoms with Crippen LogP contribution in [0.1, 0.15) is 29.7 Å². The van der Waals surface area contributed by atoms with Gasteiger partial charge in [0.25, 0.3) is 0 Å². The molecule has 0 spiro atoms. The quantitative estimate of drug-likeness (QED) is 0.852. The van der Waals surface area contributed by atoms with Gasteiger partial charge in [-0.2, -0.15) is 0 Å². The molecule has 0 amide bonds. The topological polar surface area (TPSA) is 35.2 Å². The molecule has 0 aliphatic carbocycles. The maximum absolute atomic E-state index is 13.3. The van der Waals surface area contributed by atoms with Crippen molar-refractivity contribution in [3.05, 3.63) is 65.2 Å². The minimum Gasteiger partial charge on any atom is -0.485 e. The Morgan fingerprint density at radius 2 is 1.84 bits per heavy atom. The maximum Gasteiger partial charge on any atom is 0.159 e. The molecule has 2 N–H and O–H groups in total. The number of fused-ring (bicyclic) bond motifs is 1. The first-order valence-corrected chi connectivity index (χ1v) is 6.11. The molecule has 1 aliphatic heterocycles. The average molecular weight is 261 g/mol. The fourth-order valence-corrected chi connectivity index (χ4v) is 2.37. The SMILES string of the molecule is N[C@H]1CC(c2ccc(F)c(F)c2)Oc2ccccc21. The Hall–Kier alpha value is -1.94. The third-order valence-electron chi connectivity index (χ3n) is 3.37. The lowest BCUT2D eigenvalue weighted by Gasteiger charge is -2.30. The molecule has 2 aromatic carbocycles. The van der Waals surface area contributed by atoms with Crippen molar-refractivity contribution in [2.45, 2.75) is 18.6 Å². The van der Waals surface area contributed by atoms with Gasteiger partial charge in [0.1, 0.15) is 11.9 Å². The van der Waals surface area contributed by atoms with E-state index in [9.17, 15) is 8.78 Å². The number of benzene rings is 2. The maximum atomic E-state index is 13.3. The zero-order valence-corrected chi connectivity index (χ0v) is 10.1. The van der Waals surface area contributed by atoms with Crippen molar-refractivity contribution in [2.24, 2.45) is 5.73 Å². The van der Waals surface area contributed by atoms with E-state index < -0.39 is 11.6 Å². The molecule has 0 saturated carbocycles. The van der Waals surface area contributed by atoms with Gasteiger partial charge in [0.2, 0.25) is 0 Å². The van der Waals surface area contributed by atoms with Crippen molar-refractivity contribution in [3.8, 4) is 5.75 Å². The molecule has 98 valence electrons. The molecule has 2 atom stereocenters. The van der Waals surface area contributed by atoms with Crippen LogP contribution in [0.2, 0.25) is 0 Å². The molecule has 2 aromatic rings. The van der Waals surface area contributed by atoms with Crippen molar-refractivity contribution < 1.29 is 13.5 Å². The van der Waals surface area contributed by atoms with Crippen LogP contribution in [-0.2, 0) is 0 Å². The minimum atomic E-state index is -0.867. The summed E-state index contributed by atoms with van der Waals surface area (Å²) in [6.45, 7) is 0. The predicted octanol–water partition coefficient (Wildman–Crippen LogP) is 3.49. The zero-order chi connectivity index (χ0) is 13.4. The highest BCUT2D eigenvalue weighted by molar-refractivity contribution is 5.39. The number of hydrogen-bond acceptors (Lipinski definition) is 2. The van der Waals surface area contributed by atoms with E-state index in [1.54, 1.807) is 0 Å². The van der Waals surface area contributed by atoms with Gasteiger partial charge >= 0.3 is 0 Å². The summed E-state index contributed by atoms with van der Waals surface area (Å²) in [6.07, 6.45) is 0.197. The molecular weight excluding hydrogens is 248 g/mol. The third-order valence-corrected chi connectivity index (χ3v) is 3.37. The monoisotopic (exact) mass is 261 g/mol. The molecule has 1 aliphatic rings. The van der Waals surface area contributed by atoms with E-state index in [0.717, 1.165) is 11.6 Å². The van der Waals surface area contributed by atoms with Crippen LogP contribution in [0.15, 0.2) is 42.5 Å². The van der Waals surface area contributed by atoms with Crippen molar-refractivity contribution >= 4 is 0 Å². The summed E-state index contributed by atoms with van der Waals surface area (Å²) in [7, 11) is 0. The Morgan fingerprint density at radius 3 is 2.63 bits per heavy atom. The van der Waals surface area contributed by atoms with E-state index in [1.165, 1.54) is 12.1 Å². The summed E-state index contributed by atoms with van der Waals surface area (Å²) >= 11 is 0. The lowest BCUT2D eigenvalue weighted by molar-refractivity contribution is 0.161. The summed E-state index contributed by atoms with van der Waals surface area (Å²) < 4.78 is 32.0. The van der Waals surface area contributed by atoms with Gasteiger partial charge in [0.15, 0.2) is 11.6 Å². The Labute approximate surface area is 109 Å². The fraction of sp³-hybridized carbons (Fsp3) is 0.200. The van der Waals surface area contributed by atoms with Crippen LogP contribution in [0.5, 0.6) is 5.75 Å². The summed E-state index contributed by atoms with van der Waals surface area (Å²) in [4.78, 5) is 0. The minimum absolute atomic E-state index is 0.164. The molecule has 3 rings (SSSR count). The van der Waals surface area contributed by atoms with Gasteiger partial charge in [0, 0.05) is 18.0 Å². The summed E-state index contributed by atoms with van der Waals surface area (Å²) in [5, 5.41) is 0. The van der Waals surface area contributed by atoms with E-state index in [1.807, 2.05) is 24.3 Å². The number of nitrogens with two attached hydrogens (primary N) is 1. The van der Waals surface area contributed by atoms with E-state index >= 15 is 0 Å². The highest BCUT2D eigenvalue weighted by Gasteiger charge is 2.27. The van der Waals surface area contributed by atoms with Crippen LogP contribution in [0.25, 0.3) is 0 Å². The first kappa shape index (κ1) is 12.1. The Kier molecular flexibility index (Phi) is 2.95. The van der Waals surface area contributed by atoms with E-state index in [4.69, 9.17) is 10.5 Å². The number of rotatable bonds is 1. The molecular formula is C15H13F2NO. The summed E-state index contributed by atoms with van der Waals surface area (Å²) in [5.74, 6) is -1.02. The number of halogens is 2. The Bertz CT molecular complexity index is 615. The first-order chi connectivity index (χ1) is 9.15. The molecule has 2 nitrogen and oxygen atoms in total. The third kappa shape index (κ3) is 2.19. The van der Waals surface area contributed by atoms with E-state index in [-0.39, 0.29) is 12.1 Å². The average Bonchev–Trinajstić information content (AvgIpc) is 2.42. The molecule has 0 fully saturated rings. The zero-order valence-electron chi connectivity index (χ0n) is 10.1. The second-order valence-corrected chi connectivity index (χ2v) is 4.66. The van der Waals surface area contributed by atoms with Crippen LogP contribution < -0.4 is 10.5 Å². The van der Waals surface area contributed by atoms with Gasteiger partial charge in [-0.25, -0.2) is 8.78 Å². The van der Waals surface area contributed by atoms with E-state index in [0.29, 0.717) is 17.7 Å². The molecule has 0 bridgehead atoms. The normalized spacial score (nSPS) is 21.6. The van der Waals surface area contributed by atoms with E-state index in [2.05, 4.69) is 0 Å². The lowest BCUT2D eigenvalue weighted by Crippen LogP contribution is -2.24. The molecule has 19 heavy (non-hydrogen) atoms. The second-order valence-electron chi connectivity index (χ2n) is 4.66. The van der Waals surface area contributed by atoms with Crippen molar-refractivity contribution in [2.75, 3.05) is 0 Å². The predicted molar refractivity (Wildman–Crippen MR) is 67.7 cm³/mol. The van der Waals surface area contributed by atoms with Gasteiger partial charge in [-0.1, -0.05) is 24.3 Å². The van der Waals surface area contributed by atoms with Crippen molar-refractivity contribution in [1.29, 1.82) is 0 Å². The van der Waals surface area contributed by atoms with Crippen LogP contribution in [0.4, 0.5) is 8.78 Å². The first-order valence-electron chi connectivity index (χ1n) is 6.11. The van der Waals surface area contributed by atoms with Crippen molar-refractivity contribution in [1.82, 2.24) is 0 Å². The van der Waals surface area contributed by atoms with Crippen LogP contribution in [-0.4, -0.2) is 0 Å². The smallest absolute Gasteiger partial charge is 0.159 e. The lowest BCUT2D eigenvalue weighted by atomic mass is 9.93. The van der Waals surface area contributed by atoms with Gasteiger partial charge in [-0.3, -0.25) is 0 Å². The highest BCUT2D eigenvalue weighted by atomic mass is 19.2. The molecule has 1 unspecified atom stereocenters. The Balaban J connectivity index is 1.94. The van der Waals surface area contributed by atoms with Crippen molar-refractivity contribution in [3.63, 3.8) is 0 Å². The Morgan fingerprint density at radius 1 is 1.05 bits per heavy atom. The van der Waals surface area contributed by atoms with Crippen LogP contribution in [0, 0.1) is 11.6 Å². The number of para-hydroxylation sites is 1. The van der Waals surface area contributed by atoms with Gasteiger partial charge in [-0.05, 0) is 23.8 Å². The fourth-order valence-electron chi connectivity index (χ4n) is 2.37. The van der Waals surface area contributed by atoms with Gasteiger partial charge in [0.05, 0.1) is 0 Å².